The van der Waals surface area contributed by atoms with Crippen molar-refractivity contribution in [1.82, 2.24) is 15.1 Å². The minimum Gasteiger partial charge on any atom is -0.334 e. The largest absolute Gasteiger partial charge is 0.334 e. The Bertz CT molecular complexity index is 495. The summed E-state index contributed by atoms with van der Waals surface area (Å²) in [4.78, 5) is 8.51. The Hall–Kier alpha value is -1.75. The van der Waals surface area contributed by atoms with E-state index in [-0.39, 0.29) is 0 Å². The minimum atomic E-state index is 0.309. The Labute approximate surface area is 100 Å². The first-order valence-corrected chi connectivity index (χ1v) is 5.73. The second-order valence-electron chi connectivity index (χ2n) is 4.01. The van der Waals surface area contributed by atoms with Crippen LogP contribution in [0.4, 0.5) is 0 Å². The number of rotatable bonds is 4. The van der Waals surface area contributed by atoms with E-state index in [9.17, 15) is 0 Å². The van der Waals surface area contributed by atoms with Crippen LogP contribution >= 0.6 is 0 Å². The molecule has 5 nitrogen and oxygen atoms in total. The van der Waals surface area contributed by atoms with Crippen molar-refractivity contribution in [2.45, 2.75) is 32.7 Å². The van der Waals surface area contributed by atoms with E-state index in [1.54, 1.807) is 6.20 Å². The molecule has 0 spiro atoms. The highest BCUT2D eigenvalue weighted by atomic mass is 16.5. The summed E-state index contributed by atoms with van der Waals surface area (Å²) < 4.78 is 5.24. The summed E-state index contributed by atoms with van der Waals surface area (Å²) in [5, 5.41) is 3.98. The molecule has 90 valence electrons. The molecule has 0 aromatic carbocycles. The van der Waals surface area contributed by atoms with Gasteiger partial charge in [0.25, 0.3) is 5.89 Å². The second-order valence-corrected chi connectivity index (χ2v) is 4.01. The van der Waals surface area contributed by atoms with Gasteiger partial charge >= 0.3 is 0 Å². The van der Waals surface area contributed by atoms with Crippen LogP contribution in [0, 0.1) is 0 Å². The van der Waals surface area contributed by atoms with Gasteiger partial charge in [0, 0.05) is 24.2 Å². The lowest BCUT2D eigenvalue weighted by Crippen LogP contribution is -1.99. The van der Waals surface area contributed by atoms with Crippen LogP contribution in [0.15, 0.2) is 22.9 Å². The predicted molar refractivity (Wildman–Crippen MR) is 64.1 cm³/mol. The SMILES string of the molecule is CCC(C)c1noc(-c2ccnc(CN)c2)n1. The van der Waals surface area contributed by atoms with E-state index in [0.29, 0.717) is 18.4 Å². The lowest BCUT2D eigenvalue weighted by molar-refractivity contribution is 0.416. The van der Waals surface area contributed by atoms with E-state index in [4.69, 9.17) is 10.3 Å². The van der Waals surface area contributed by atoms with Gasteiger partial charge in [0.2, 0.25) is 0 Å². The van der Waals surface area contributed by atoms with Gasteiger partial charge < -0.3 is 10.3 Å². The quantitative estimate of drug-likeness (QED) is 0.873. The smallest absolute Gasteiger partial charge is 0.258 e. The maximum absolute atomic E-state index is 5.54. The average molecular weight is 232 g/mol. The highest BCUT2D eigenvalue weighted by molar-refractivity contribution is 5.52. The number of nitrogens with two attached hydrogens (primary N) is 1. The van der Waals surface area contributed by atoms with Crippen molar-refractivity contribution in [3.8, 4) is 11.5 Å². The summed E-state index contributed by atoms with van der Waals surface area (Å²) in [6.07, 6.45) is 2.69. The molecule has 0 aliphatic carbocycles. The first-order chi connectivity index (χ1) is 8.24. The molecular weight excluding hydrogens is 216 g/mol. The molecule has 0 bridgehead atoms. The van der Waals surface area contributed by atoms with Crippen LogP contribution in [0.25, 0.3) is 11.5 Å². The van der Waals surface area contributed by atoms with Gasteiger partial charge in [-0.1, -0.05) is 19.0 Å². The van der Waals surface area contributed by atoms with Crippen LogP contribution in [0.3, 0.4) is 0 Å². The standard InChI is InChI=1S/C12H16N4O/c1-3-8(2)11-15-12(17-16-11)9-4-5-14-10(6-9)7-13/h4-6,8H,3,7,13H2,1-2H3. The Morgan fingerprint density at radius 1 is 1.47 bits per heavy atom. The van der Waals surface area contributed by atoms with Gasteiger partial charge in [0.15, 0.2) is 5.82 Å². The van der Waals surface area contributed by atoms with Gasteiger partial charge in [-0.15, -0.1) is 0 Å². The molecular formula is C12H16N4O. The maximum atomic E-state index is 5.54. The number of pyridine rings is 1. The molecule has 5 heteroatoms. The van der Waals surface area contributed by atoms with Crippen LogP contribution in [0.2, 0.25) is 0 Å². The zero-order valence-corrected chi connectivity index (χ0v) is 10.1. The van der Waals surface area contributed by atoms with E-state index < -0.39 is 0 Å². The van der Waals surface area contributed by atoms with Gasteiger partial charge in [0.05, 0.1) is 5.69 Å². The molecule has 1 unspecified atom stereocenters. The third kappa shape index (κ3) is 2.50. The van der Waals surface area contributed by atoms with Crippen molar-refractivity contribution in [2.24, 2.45) is 5.73 Å². The van der Waals surface area contributed by atoms with E-state index in [0.717, 1.165) is 23.5 Å². The third-order valence-electron chi connectivity index (χ3n) is 2.77. The molecule has 17 heavy (non-hydrogen) atoms. The molecule has 2 aromatic rings. The predicted octanol–water partition coefficient (Wildman–Crippen LogP) is 2.10. The third-order valence-corrected chi connectivity index (χ3v) is 2.77. The summed E-state index contributed by atoms with van der Waals surface area (Å²) >= 11 is 0. The summed E-state index contributed by atoms with van der Waals surface area (Å²) in [6, 6.07) is 3.71. The van der Waals surface area contributed by atoms with Crippen molar-refractivity contribution in [3.63, 3.8) is 0 Å². The molecule has 0 radical (unpaired) electrons. The number of nitrogens with zero attached hydrogens (tertiary/aromatic N) is 3. The van der Waals surface area contributed by atoms with Gasteiger partial charge in [0.1, 0.15) is 0 Å². The fraction of sp³-hybridized carbons (Fsp3) is 0.417. The molecule has 0 fully saturated rings. The minimum absolute atomic E-state index is 0.309. The molecule has 0 aliphatic rings. The van der Waals surface area contributed by atoms with Crippen LogP contribution in [-0.4, -0.2) is 15.1 Å². The summed E-state index contributed by atoms with van der Waals surface area (Å²) in [5.41, 5.74) is 7.22. The summed E-state index contributed by atoms with van der Waals surface area (Å²) in [5.74, 6) is 1.58. The Balaban J connectivity index is 2.30. The Kier molecular flexibility index (Phi) is 3.49. The average Bonchev–Trinajstić information content (AvgIpc) is 2.87. The van der Waals surface area contributed by atoms with E-state index in [1.165, 1.54) is 0 Å². The zero-order valence-electron chi connectivity index (χ0n) is 10.1. The van der Waals surface area contributed by atoms with E-state index in [2.05, 4.69) is 29.0 Å². The Morgan fingerprint density at radius 3 is 3.00 bits per heavy atom. The molecule has 2 heterocycles. The molecule has 2 rings (SSSR count). The normalized spacial score (nSPS) is 12.6. The van der Waals surface area contributed by atoms with Crippen LogP contribution in [0.5, 0.6) is 0 Å². The fourth-order valence-corrected chi connectivity index (χ4v) is 1.46. The molecule has 1 atom stereocenters. The van der Waals surface area contributed by atoms with E-state index >= 15 is 0 Å². The summed E-state index contributed by atoms with van der Waals surface area (Å²) in [7, 11) is 0. The van der Waals surface area contributed by atoms with Crippen molar-refractivity contribution in [2.75, 3.05) is 0 Å². The van der Waals surface area contributed by atoms with Crippen LogP contribution in [-0.2, 0) is 6.54 Å². The van der Waals surface area contributed by atoms with Gasteiger partial charge in [-0.25, -0.2) is 0 Å². The van der Waals surface area contributed by atoms with Gasteiger partial charge in [-0.05, 0) is 18.6 Å². The van der Waals surface area contributed by atoms with Gasteiger partial charge in [-0.3, -0.25) is 4.98 Å². The van der Waals surface area contributed by atoms with Gasteiger partial charge in [-0.2, -0.15) is 4.98 Å². The van der Waals surface area contributed by atoms with Crippen molar-refractivity contribution in [1.29, 1.82) is 0 Å². The molecule has 0 saturated heterocycles. The maximum Gasteiger partial charge on any atom is 0.258 e. The van der Waals surface area contributed by atoms with E-state index in [1.807, 2.05) is 12.1 Å². The highest BCUT2D eigenvalue weighted by Crippen LogP contribution is 2.21. The molecule has 0 amide bonds. The van der Waals surface area contributed by atoms with Crippen LogP contribution < -0.4 is 5.73 Å². The lowest BCUT2D eigenvalue weighted by atomic mass is 10.1. The molecule has 2 N–H and O–H groups in total. The lowest BCUT2D eigenvalue weighted by Gasteiger charge is -1.99. The Morgan fingerprint density at radius 2 is 2.29 bits per heavy atom. The number of hydrogen-bond acceptors (Lipinski definition) is 5. The fourth-order valence-electron chi connectivity index (χ4n) is 1.46. The van der Waals surface area contributed by atoms with Crippen molar-refractivity contribution in [3.05, 3.63) is 29.8 Å². The monoisotopic (exact) mass is 232 g/mol. The molecule has 2 aromatic heterocycles. The first-order valence-electron chi connectivity index (χ1n) is 5.73. The summed E-state index contributed by atoms with van der Waals surface area (Å²) in [6.45, 7) is 4.58. The van der Waals surface area contributed by atoms with Crippen LogP contribution in [0.1, 0.15) is 37.7 Å². The molecule has 0 saturated carbocycles. The second kappa shape index (κ2) is 5.05. The van der Waals surface area contributed by atoms with Crippen molar-refractivity contribution >= 4 is 0 Å². The first kappa shape index (κ1) is 11.7. The molecule has 0 aliphatic heterocycles. The van der Waals surface area contributed by atoms with Crippen molar-refractivity contribution < 1.29 is 4.52 Å². The topological polar surface area (TPSA) is 77.8 Å². The zero-order chi connectivity index (χ0) is 12.3. The number of hydrogen-bond donors (Lipinski definition) is 1. The highest BCUT2D eigenvalue weighted by Gasteiger charge is 2.13. The number of aromatic nitrogens is 3.